The van der Waals surface area contributed by atoms with Crippen LogP contribution in [0.25, 0.3) is 27.9 Å². The molecule has 1 atom stereocenters. The van der Waals surface area contributed by atoms with Crippen molar-refractivity contribution in [3.8, 4) is 27.9 Å². The predicted octanol–water partition coefficient (Wildman–Crippen LogP) is 6.44. The second-order valence-electron chi connectivity index (χ2n) is 10.8. The minimum Gasteiger partial charge on any atom is -0.478 e. The molecule has 0 saturated carbocycles. The van der Waals surface area contributed by atoms with E-state index in [-0.39, 0.29) is 34.2 Å². The van der Waals surface area contributed by atoms with E-state index in [1.807, 2.05) is 0 Å². The molecule has 4 heterocycles. The molecule has 10 nitrogen and oxygen atoms in total. The second-order valence-corrected chi connectivity index (χ2v) is 11.2. The summed E-state index contributed by atoms with van der Waals surface area (Å²) in [6.07, 6.45) is 1.87. The number of carbonyl (C=O) groups excluding carboxylic acids is 1. The van der Waals surface area contributed by atoms with Gasteiger partial charge < -0.3 is 10.0 Å². The van der Waals surface area contributed by atoms with E-state index >= 15 is 4.39 Å². The number of carboxylic acids is 1. The molecule has 6 rings (SSSR count). The smallest absolute Gasteiger partial charge is 0.436 e. The summed E-state index contributed by atoms with van der Waals surface area (Å²) < 4.78 is 71.7. The largest absolute Gasteiger partial charge is 0.478 e. The fourth-order valence-corrected chi connectivity index (χ4v) is 5.55. The highest BCUT2D eigenvalue weighted by Gasteiger charge is 2.35. The number of carboxylic acid groups (broad SMARTS) is 1. The summed E-state index contributed by atoms with van der Waals surface area (Å²) in [4.78, 5) is 30.7. The average molecular weight is 672 g/mol. The number of pyridine rings is 1. The van der Waals surface area contributed by atoms with Gasteiger partial charge in [0.1, 0.15) is 11.9 Å². The van der Waals surface area contributed by atoms with Gasteiger partial charge in [-0.3, -0.25) is 14.5 Å². The molecule has 1 unspecified atom stereocenters. The molecule has 16 heteroatoms. The third-order valence-electron chi connectivity index (χ3n) is 7.80. The molecule has 1 N–H and O–H groups in total. The molecule has 1 saturated heterocycles. The molecule has 1 amide bonds. The topological polar surface area (TPSA) is 119 Å². The first-order valence-corrected chi connectivity index (χ1v) is 14.6. The van der Waals surface area contributed by atoms with Crippen LogP contribution in [-0.4, -0.2) is 64.7 Å². The first-order valence-electron chi connectivity index (χ1n) is 14.2. The van der Waals surface area contributed by atoms with Gasteiger partial charge in [-0.2, -0.15) is 18.3 Å². The average Bonchev–Trinajstić information content (AvgIpc) is 3.83. The zero-order valence-electron chi connectivity index (χ0n) is 24.1. The number of likely N-dealkylation sites (tertiary alicyclic amines) is 1. The van der Waals surface area contributed by atoms with Gasteiger partial charge in [-0.05, 0) is 48.7 Å². The number of hydrogen-bond acceptors (Lipinski definition) is 6. The lowest BCUT2D eigenvalue weighted by atomic mass is 10.0. The zero-order valence-corrected chi connectivity index (χ0v) is 24.9. The Labute approximate surface area is 268 Å². The molecular formula is C31H23ClF5N7O3. The highest BCUT2D eigenvalue weighted by molar-refractivity contribution is 6.31. The normalized spacial score (nSPS) is 14.0. The van der Waals surface area contributed by atoms with Crippen molar-refractivity contribution in [2.75, 3.05) is 13.1 Å². The molecular weight excluding hydrogens is 649 g/mol. The van der Waals surface area contributed by atoms with E-state index < -0.39 is 41.1 Å². The molecule has 3 aromatic heterocycles. The van der Waals surface area contributed by atoms with Gasteiger partial charge in [0, 0.05) is 42.2 Å². The van der Waals surface area contributed by atoms with Crippen LogP contribution in [0.5, 0.6) is 0 Å². The number of nitrogens with zero attached hydrogens (tertiary/aromatic N) is 7. The minimum atomic E-state index is -4.77. The monoisotopic (exact) mass is 671 g/mol. The van der Waals surface area contributed by atoms with Crippen LogP contribution in [-0.2, 0) is 11.0 Å². The maximum Gasteiger partial charge on any atom is 0.436 e. The van der Waals surface area contributed by atoms with Crippen molar-refractivity contribution < 1.29 is 36.6 Å². The fourth-order valence-electron chi connectivity index (χ4n) is 5.39. The highest BCUT2D eigenvalue weighted by Crippen LogP contribution is 2.36. The first-order chi connectivity index (χ1) is 22.4. The lowest BCUT2D eigenvalue weighted by Crippen LogP contribution is -2.30. The van der Waals surface area contributed by atoms with Crippen molar-refractivity contribution in [2.24, 2.45) is 0 Å². The van der Waals surface area contributed by atoms with E-state index in [1.54, 1.807) is 11.1 Å². The van der Waals surface area contributed by atoms with Crippen LogP contribution in [0.15, 0.2) is 67.3 Å². The summed E-state index contributed by atoms with van der Waals surface area (Å²) in [6.45, 7) is 1.21. The molecule has 1 aliphatic rings. The van der Waals surface area contributed by atoms with Crippen molar-refractivity contribution in [1.82, 2.24) is 34.7 Å². The summed E-state index contributed by atoms with van der Waals surface area (Å²) in [7, 11) is 0. The Kier molecular flexibility index (Phi) is 8.49. The number of alkyl halides is 3. The number of rotatable bonds is 8. The Bertz CT molecular complexity index is 1970. The molecule has 2 aromatic carbocycles. The lowest BCUT2D eigenvalue weighted by Gasteiger charge is -2.21. The third kappa shape index (κ3) is 6.43. The summed E-state index contributed by atoms with van der Waals surface area (Å²) in [5, 5.41) is 19.9. The standard InChI is InChI=1S/C31H23ClF5N7O3/c32-21-6-8-24(44-16-26(40-41-44)31(35,36)37)28(29(21)34)18-4-7-23(38-13-18)25(12-27(45)42-9-1-2-10-42)43-15-19(14-39-43)17-3-5-20(30(46)47)22(33)11-17/h3-8,11,13-16,25H,1-2,9-10,12H2,(H,46,47). The Balaban J connectivity index is 1.37. The summed E-state index contributed by atoms with van der Waals surface area (Å²) in [5.41, 5.74) is -0.665. The molecule has 0 radical (unpaired) electrons. The summed E-state index contributed by atoms with van der Waals surface area (Å²) >= 11 is 6.04. The molecule has 0 spiro atoms. The van der Waals surface area contributed by atoms with Crippen LogP contribution in [0.1, 0.15) is 47.1 Å². The van der Waals surface area contributed by atoms with E-state index in [0.717, 1.165) is 29.7 Å². The van der Waals surface area contributed by atoms with E-state index in [1.165, 1.54) is 47.4 Å². The zero-order chi connectivity index (χ0) is 33.5. The number of halogens is 6. The van der Waals surface area contributed by atoms with E-state index in [0.29, 0.717) is 36.1 Å². The van der Waals surface area contributed by atoms with Crippen molar-refractivity contribution in [3.05, 3.63) is 101 Å². The van der Waals surface area contributed by atoms with Crippen molar-refractivity contribution in [2.45, 2.75) is 31.5 Å². The maximum atomic E-state index is 15.4. The van der Waals surface area contributed by atoms with Crippen molar-refractivity contribution in [1.29, 1.82) is 0 Å². The Morgan fingerprint density at radius 3 is 2.34 bits per heavy atom. The number of amides is 1. The van der Waals surface area contributed by atoms with Gasteiger partial charge in [0.2, 0.25) is 5.91 Å². The van der Waals surface area contributed by atoms with Crippen molar-refractivity contribution in [3.63, 3.8) is 0 Å². The molecule has 5 aromatic rings. The Morgan fingerprint density at radius 2 is 1.70 bits per heavy atom. The van der Waals surface area contributed by atoms with E-state index in [9.17, 15) is 27.2 Å². The van der Waals surface area contributed by atoms with Gasteiger partial charge in [0.25, 0.3) is 0 Å². The first kappa shape index (κ1) is 31.8. The Morgan fingerprint density at radius 1 is 0.957 bits per heavy atom. The van der Waals surface area contributed by atoms with Gasteiger partial charge in [-0.25, -0.2) is 18.3 Å². The van der Waals surface area contributed by atoms with Gasteiger partial charge in [-0.1, -0.05) is 28.9 Å². The van der Waals surface area contributed by atoms with Gasteiger partial charge >= 0.3 is 12.1 Å². The molecule has 1 fully saturated rings. The van der Waals surface area contributed by atoms with Gasteiger partial charge in [0.15, 0.2) is 11.5 Å². The quantitative estimate of drug-likeness (QED) is 0.189. The Hall–Kier alpha value is -5.18. The predicted molar refractivity (Wildman–Crippen MR) is 158 cm³/mol. The van der Waals surface area contributed by atoms with Crippen LogP contribution < -0.4 is 0 Å². The van der Waals surface area contributed by atoms with Crippen LogP contribution in [0.4, 0.5) is 22.0 Å². The summed E-state index contributed by atoms with van der Waals surface area (Å²) in [6, 6.07) is 8.41. The second kappa shape index (κ2) is 12.5. The highest BCUT2D eigenvalue weighted by atomic mass is 35.5. The van der Waals surface area contributed by atoms with Crippen LogP contribution in [0, 0.1) is 11.6 Å². The summed E-state index contributed by atoms with van der Waals surface area (Å²) in [5.74, 6) is -3.39. The SMILES string of the molecule is O=C(O)c1ccc(-c2cnn(C(CC(=O)N3CCCC3)c3ccc(-c4c(-n5cc(C(F)(F)F)nn5)ccc(Cl)c4F)cn3)c2)cc1F. The fraction of sp³-hybridized carbons (Fsp3) is 0.226. The van der Waals surface area contributed by atoms with Gasteiger partial charge in [0.05, 0.1) is 40.8 Å². The number of aromatic nitrogens is 6. The molecule has 1 aliphatic heterocycles. The van der Waals surface area contributed by atoms with E-state index in [2.05, 4.69) is 20.4 Å². The number of carbonyl (C=O) groups is 2. The van der Waals surface area contributed by atoms with Crippen molar-refractivity contribution >= 4 is 23.5 Å². The molecule has 0 bridgehead atoms. The van der Waals surface area contributed by atoms with Crippen LogP contribution in [0.2, 0.25) is 5.02 Å². The van der Waals surface area contributed by atoms with Gasteiger partial charge in [-0.15, -0.1) is 5.10 Å². The molecule has 0 aliphatic carbocycles. The molecule has 47 heavy (non-hydrogen) atoms. The molecule has 242 valence electrons. The maximum absolute atomic E-state index is 15.4. The van der Waals surface area contributed by atoms with Crippen LogP contribution in [0.3, 0.4) is 0 Å². The van der Waals surface area contributed by atoms with Crippen LogP contribution >= 0.6 is 11.6 Å². The number of hydrogen-bond donors (Lipinski definition) is 1. The minimum absolute atomic E-state index is 0.0459. The lowest BCUT2D eigenvalue weighted by molar-refractivity contribution is -0.141. The van der Waals surface area contributed by atoms with E-state index in [4.69, 9.17) is 16.7 Å². The third-order valence-corrected chi connectivity index (χ3v) is 8.09. The number of aromatic carboxylic acids is 1. The number of benzene rings is 2.